The number of amides is 3. The number of aromatic nitrogens is 8. The summed E-state index contributed by atoms with van der Waals surface area (Å²) in [5.74, 6) is -4.34. The molecule has 130 heavy (non-hydrogen) atoms. The van der Waals surface area contributed by atoms with Gasteiger partial charge in [0.25, 0.3) is 22.6 Å². The van der Waals surface area contributed by atoms with E-state index in [0.29, 0.717) is 105 Å². The van der Waals surface area contributed by atoms with Gasteiger partial charge in [0.1, 0.15) is 23.3 Å². The smallest absolute Gasteiger partial charge is 0.870 e. The van der Waals surface area contributed by atoms with Crippen molar-refractivity contribution in [3.8, 4) is 11.9 Å². The first kappa shape index (κ1) is 102. The maximum Gasteiger partial charge on any atom is 1.00 e. The zero-order valence-corrected chi connectivity index (χ0v) is 78.9. The van der Waals surface area contributed by atoms with Crippen molar-refractivity contribution in [2.24, 2.45) is 11.8 Å². The molecule has 3 amide bonds. The Morgan fingerprint density at radius 1 is 0.438 bits per heavy atom. The van der Waals surface area contributed by atoms with Crippen LogP contribution in [0.2, 0.25) is 39.3 Å². The summed E-state index contributed by atoms with van der Waals surface area (Å²) in [5, 5.41) is 14.8. The number of alkyl halides is 1. The molecule has 2 saturated heterocycles. The van der Waals surface area contributed by atoms with Gasteiger partial charge in [-0.05, 0) is 184 Å². The summed E-state index contributed by atoms with van der Waals surface area (Å²) in [6.45, 7) is 18.3. The number of H-pyrrole nitrogens is 3. The number of rotatable bonds is 17. The van der Waals surface area contributed by atoms with Crippen LogP contribution in [-0.4, -0.2) is 183 Å². The third kappa shape index (κ3) is 26.6. The number of aromatic carboxylic acids is 1. The van der Waals surface area contributed by atoms with Gasteiger partial charge in [-0.25, -0.2) is 46.3 Å². The number of nitrogens with one attached hydrogen (secondary N) is 4. The second-order valence-electron chi connectivity index (χ2n) is 32.7. The van der Waals surface area contributed by atoms with Gasteiger partial charge in [0.05, 0.1) is 99.7 Å². The predicted octanol–water partition coefficient (Wildman–Crippen LogP) is 9.59. The minimum atomic E-state index is -1.74. The molecule has 4 aliphatic rings. The number of ether oxygens (including phenoxy) is 2. The molecule has 0 atom stereocenters. The van der Waals surface area contributed by atoms with Gasteiger partial charge in [0.2, 0.25) is 34.3 Å². The van der Waals surface area contributed by atoms with Crippen molar-refractivity contribution < 1.29 is 105 Å². The Labute approximate surface area is 776 Å². The van der Waals surface area contributed by atoms with Gasteiger partial charge in [0, 0.05) is 69.5 Å². The minimum absolute atomic E-state index is 0. The quantitative estimate of drug-likeness (QED) is 0.0245. The van der Waals surface area contributed by atoms with E-state index in [2.05, 4.69) is 94.9 Å². The standard InChI is InChI=1S/C26H27FN4O4.C17H13FN2O4.C16H11FN2O4.C14H22N2O2Si2.C10H18N2O.C9H8BrFO2.Na.H2O/c27-21-10-9-17(16-31-22-8-4-3-7-19(22)23(32)28-26(31)35)15-20(21)25(34)30-13-11-29(12-14-30)24(33)18-5-1-2-6-18;1-24-16(22)12-8-10(6-7-13(12)18)9-20-14-5-3-2-4-11(14)15(21)19-17(20)23;17-12-6-5-9(7-11(12)15(21)22)8-19-13-4-2-1-3-10(13)14(20)18-16(19)23;1-19(2,3)17-13-11-9-7-8-10-12(11)15-14(16-13)18-20(4,5)6;13-10(9-3-1-2-4-9)12-7-5-11-6-8-12;1-13-9(12)7-4-6(5-10)2-3-8(7)11;;/h3-4,7-10,15,18H,1-2,5-6,11-14,16H2,(H,28,32,35);2-8H,9H2,1H3,(H,19,21,23);1-7H,8H2,(H,21,22)(H,18,20,23);7-10H,1-6H3;9,11H,1-8H2;2-4H,5H2,1H3;;1H2/q;;;;;;+1;/p-1. The molecule has 4 aromatic heterocycles. The van der Waals surface area contributed by atoms with Gasteiger partial charge in [-0.2, -0.15) is 9.97 Å². The van der Waals surface area contributed by atoms with E-state index >= 15 is 0 Å². The van der Waals surface area contributed by atoms with Crippen LogP contribution < -0.4 is 77.5 Å². The van der Waals surface area contributed by atoms with Gasteiger partial charge >= 0.3 is 70.5 Å². The molecule has 4 fully saturated rings. The summed E-state index contributed by atoms with van der Waals surface area (Å²) in [7, 11) is -1.08. The summed E-state index contributed by atoms with van der Waals surface area (Å²) in [5.41, 5.74) is 0.566. The average molecular weight is 1900 g/mol. The molecule has 680 valence electrons. The molecule has 0 bridgehead atoms. The zero-order valence-electron chi connectivity index (χ0n) is 73.4. The molecular weight excluding hydrogens is 1800 g/mol. The number of halogens is 5. The van der Waals surface area contributed by atoms with E-state index in [1.165, 1.54) is 88.3 Å². The molecule has 6 heterocycles. The molecule has 38 heteroatoms. The molecule has 16 rings (SSSR count). The third-order valence-electron chi connectivity index (χ3n) is 21.4. The van der Waals surface area contributed by atoms with Crippen LogP contribution in [0.25, 0.3) is 43.6 Å². The molecule has 2 saturated carbocycles. The summed E-state index contributed by atoms with van der Waals surface area (Å²) in [4.78, 5) is 165. The monoisotopic (exact) mass is 1890 g/mol. The molecular formula is C92H100BrF4N12NaO18Si2. The number of benzene rings is 8. The molecule has 6 N–H and O–H groups in total. The SMILES string of the molecule is COC(=O)c1cc(CBr)ccc1F.COC(=O)c1cc(Cn2c(=O)[nH]c(=O)c3ccccc32)ccc1F.C[Si](C)(C)Oc1nc(O[Si](C)(C)C)c2ccccc2n1.O=C(C1CCCC1)N1CCNCC1.O=C(O)c1cc(Cn2c(=O)[nH]c(=O)c3ccccc32)ccc1F.O=C(c1cc(Cn2c(=O)[nH]c(=O)c3ccccc32)ccc1F)N1CCN(C(=O)C2CCCC2)CC1.[Na+].[OH-]. The number of hydrogen-bond donors (Lipinski definition) is 5. The first-order valence-corrected chi connectivity index (χ1v) is 49.5. The number of aromatic amines is 3. The van der Waals surface area contributed by atoms with Gasteiger partial charge in [0.15, 0.2) is 0 Å². The van der Waals surface area contributed by atoms with Crippen LogP contribution in [-0.2, 0) is 44.0 Å². The first-order valence-electron chi connectivity index (χ1n) is 41.6. The van der Waals surface area contributed by atoms with E-state index in [1.54, 1.807) is 83.8 Å². The van der Waals surface area contributed by atoms with Crippen LogP contribution in [0.15, 0.2) is 199 Å². The summed E-state index contributed by atoms with van der Waals surface area (Å²) in [6, 6.07) is 44.4. The Morgan fingerprint density at radius 3 is 1.17 bits per heavy atom. The molecule has 2 aliphatic carbocycles. The topological polar surface area (TPSA) is 402 Å². The fourth-order valence-corrected chi connectivity index (χ4v) is 16.8. The Hall–Kier alpha value is -12.1. The number of piperazine rings is 2. The predicted molar refractivity (Wildman–Crippen MR) is 487 cm³/mol. The minimum Gasteiger partial charge on any atom is -0.870 e. The molecule has 30 nitrogen and oxygen atoms in total. The van der Waals surface area contributed by atoms with Crippen molar-refractivity contribution in [3.63, 3.8) is 0 Å². The normalized spacial score (nSPS) is 13.8. The third-order valence-corrected chi connectivity index (χ3v) is 23.6. The molecule has 2 aliphatic heterocycles. The van der Waals surface area contributed by atoms with E-state index in [1.807, 2.05) is 34.1 Å². The molecule has 0 spiro atoms. The van der Waals surface area contributed by atoms with Crippen LogP contribution >= 0.6 is 15.9 Å². The Kier molecular flexibility index (Phi) is 36.3. The van der Waals surface area contributed by atoms with E-state index in [4.69, 9.17) is 14.0 Å². The molecule has 12 aromatic rings. The van der Waals surface area contributed by atoms with E-state index < -0.39 is 103 Å². The number of carbonyl (C=O) groups is 6. The second-order valence-corrected chi connectivity index (χ2v) is 42.1. The Balaban J connectivity index is 0.000000181. The largest absolute Gasteiger partial charge is 1.00 e. The van der Waals surface area contributed by atoms with Gasteiger partial charge < -0.3 is 48.9 Å². The maximum absolute atomic E-state index is 14.7. The van der Waals surface area contributed by atoms with Crippen LogP contribution in [0.3, 0.4) is 0 Å². The van der Waals surface area contributed by atoms with Crippen molar-refractivity contribution in [2.75, 3.05) is 66.6 Å². The number of nitrogens with zero attached hydrogens (tertiary/aromatic N) is 8. The summed E-state index contributed by atoms with van der Waals surface area (Å²) in [6.07, 6.45) is 8.81. The van der Waals surface area contributed by atoms with Crippen molar-refractivity contribution in [1.82, 2.24) is 58.6 Å². The van der Waals surface area contributed by atoms with E-state index in [0.717, 1.165) is 100 Å². The van der Waals surface area contributed by atoms with Crippen LogP contribution in [0, 0.1) is 35.1 Å². The molecule has 8 aromatic carbocycles. The number of fused-ring (bicyclic) bond motifs is 4. The number of esters is 2. The van der Waals surface area contributed by atoms with Gasteiger partial charge in [-0.1, -0.05) is 114 Å². The van der Waals surface area contributed by atoms with Crippen molar-refractivity contribution in [3.05, 3.63) is 300 Å². The fourth-order valence-electron chi connectivity index (χ4n) is 15.0. The van der Waals surface area contributed by atoms with Crippen molar-refractivity contribution in [1.29, 1.82) is 0 Å². The summed E-state index contributed by atoms with van der Waals surface area (Å²) < 4.78 is 79.9. The van der Waals surface area contributed by atoms with Crippen LogP contribution in [0.5, 0.6) is 11.9 Å². The number of hydrogen-bond acceptors (Lipinski definition) is 20. The average Bonchev–Trinajstić information content (AvgIpc) is 0.881. The number of carboxylic acid groups (broad SMARTS) is 1. The van der Waals surface area contributed by atoms with E-state index in [-0.39, 0.29) is 83.2 Å². The van der Waals surface area contributed by atoms with E-state index in [9.17, 15) is 75.1 Å². The van der Waals surface area contributed by atoms with Crippen LogP contribution in [0.1, 0.15) is 115 Å². The van der Waals surface area contributed by atoms with Crippen molar-refractivity contribution in [2.45, 2.75) is 116 Å². The van der Waals surface area contributed by atoms with Crippen LogP contribution in [0.4, 0.5) is 17.6 Å². The Morgan fingerprint density at radius 2 is 0.777 bits per heavy atom. The number of carboxylic acids is 1. The number of carbonyl (C=O) groups excluding carboxylic acids is 5. The number of para-hydroxylation sites is 4. The number of methoxy groups -OCH3 is 2. The first-order chi connectivity index (χ1) is 61.1. The van der Waals surface area contributed by atoms with Gasteiger partial charge in [-0.3, -0.25) is 57.4 Å². The van der Waals surface area contributed by atoms with Gasteiger partial charge in [-0.15, -0.1) is 0 Å². The summed E-state index contributed by atoms with van der Waals surface area (Å²) >= 11 is 3.21. The zero-order chi connectivity index (χ0) is 92.3. The maximum atomic E-state index is 14.7. The molecule has 0 unspecified atom stereocenters. The van der Waals surface area contributed by atoms with Crippen molar-refractivity contribution >= 4 is 112 Å². The molecule has 0 radical (unpaired) electrons. The Bertz CT molecular complexity index is 6500. The fraction of sp³-hybridized carbons (Fsp3) is 0.326. The second kappa shape index (κ2) is 46.4.